The van der Waals surface area contributed by atoms with Gasteiger partial charge < -0.3 is 20.4 Å². The minimum absolute atomic E-state index is 0.00988. The molecule has 2 saturated heterocycles. The van der Waals surface area contributed by atoms with Gasteiger partial charge in [0.25, 0.3) is 0 Å². The van der Waals surface area contributed by atoms with Gasteiger partial charge in [-0.1, -0.05) is 0 Å². The summed E-state index contributed by atoms with van der Waals surface area (Å²) < 4.78 is 21.9. The van der Waals surface area contributed by atoms with Crippen molar-refractivity contribution in [3.8, 4) is 6.07 Å². The van der Waals surface area contributed by atoms with E-state index < -0.39 is 6.17 Å². The van der Waals surface area contributed by atoms with Gasteiger partial charge in [-0.2, -0.15) is 20.3 Å². The Morgan fingerprint density at radius 2 is 2.18 bits per heavy atom. The number of halogens is 1. The second kappa shape index (κ2) is 7.67. The Labute approximate surface area is 190 Å². The van der Waals surface area contributed by atoms with Crippen LogP contribution >= 0.6 is 0 Å². The van der Waals surface area contributed by atoms with E-state index in [1.54, 1.807) is 23.3 Å². The fraction of sp³-hybridized carbons (Fsp3) is 0.545. The molecule has 6 rings (SSSR count). The average molecular weight is 452 g/mol. The third kappa shape index (κ3) is 3.79. The molecule has 3 aromatic rings. The van der Waals surface area contributed by atoms with Gasteiger partial charge in [-0.15, -0.1) is 0 Å². The minimum atomic E-state index is -0.988. The number of aromatic nitrogens is 5. The minimum Gasteiger partial charge on any atom is -0.378 e. The third-order valence-electron chi connectivity index (χ3n) is 6.95. The van der Waals surface area contributed by atoms with Gasteiger partial charge in [-0.25, -0.2) is 4.39 Å². The molecule has 10 nitrogen and oxygen atoms in total. The molecule has 3 N–H and O–H groups in total. The number of alkyl halides is 1. The van der Waals surface area contributed by atoms with E-state index in [4.69, 9.17) is 4.74 Å². The van der Waals surface area contributed by atoms with E-state index >= 15 is 0 Å². The first-order valence-corrected chi connectivity index (χ1v) is 11.4. The Kier molecular flexibility index (Phi) is 4.74. The number of likely N-dealkylation sites (tertiary alicyclic amines) is 1. The molecular weight excluding hydrogens is 425 g/mol. The van der Waals surface area contributed by atoms with Crippen LogP contribution in [0.2, 0.25) is 0 Å². The van der Waals surface area contributed by atoms with Crippen LogP contribution in [0.4, 0.5) is 21.8 Å². The number of nitrogens with one attached hydrogen (secondary N) is 3. The maximum absolute atomic E-state index is 14.9. The molecule has 0 amide bonds. The van der Waals surface area contributed by atoms with Crippen LogP contribution in [0.3, 0.4) is 0 Å². The summed E-state index contributed by atoms with van der Waals surface area (Å²) in [5.74, 6) is 1.01. The maximum atomic E-state index is 14.9. The lowest BCUT2D eigenvalue weighted by Gasteiger charge is -2.42. The van der Waals surface area contributed by atoms with Crippen molar-refractivity contribution in [3.05, 3.63) is 24.2 Å². The molecule has 1 saturated carbocycles. The Balaban J connectivity index is 1.21. The van der Waals surface area contributed by atoms with Crippen LogP contribution in [-0.4, -0.2) is 73.7 Å². The molecule has 5 heterocycles. The van der Waals surface area contributed by atoms with E-state index in [9.17, 15) is 9.65 Å². The van der Waals surface area contributed by atoms with Crippen LogP contribution in [0.25, 0.3) is 11.0 Å². The molecule has 11 heteroatoms. The van der Waals surface area contributed by atoms with Crippen LogP contribution in [0, 0.1) is 11.3 Å². The zero-order valence-electron chi connectivity index (χ0n) is 18.4. The number of piperidine rings is 1. The lowest BCUT2D eigenvalue weighted by molar-refractivity contribution is -0.0847. The number of hydrogen-bond acceptors (Lipinski definition) is 8. The van der Waals surface area contributed by atoms with Crippen molar-refractivity contribution in [2.75, 3.05) is 36.9 Å². The molecule has 0 radical (unpaired) electrons. The quantitative estimate of drug-likeness (QED) is 0.523. The average Bonchev–Trinajstić information content (AvgIpc) is 3.12. The van der Waals surface area contributed by atoms with E-state index in [1.807, 2.05) is 0 Å². The van der Waals surface area contributed by atoms with Crippen molar-refractivity contribution in [2.24, 2.45) is 0 Å². The summed E-state index contributed by atoms with van der Waals surface area (Å²) >= 11 is 0. The van der Waals surface area contributed by atoms with Gasteiger partial charge in [-0.3, -0.25) is 9.58 Å². The van der Waals surface area contributed by atoms with Gasteiger partial charge in [0, 0.05) is 31.0 Å². The molecule has 3 fully saturated rings. The molecule has 3 aromatic heterocycles. The van der Waals surface area contributed by atoms with Crippen molar-refractivity contribution < 1.29 is 9.13 Å². The number of nitrogens with zero attached hydrogens (tertiary/aromatic N) is 6. The predicted molar refractivity (Wildman–Crippen MR) is 120 cm³/mol. The number of nitriles is 1. The van der Waals surface area contributed by atoms with Crippen LogP contribution in [0.15, 0.2) is 18.6 Å². The van der Waals surface area contributed by atoms with Gasteiger partial charge >= 0.3 is 0 Å². The monoisotopic (exact) mass is 451 g/mol. The number of H-pyrrole nitrogens is 1. The zero-order valence-corrected chi connectivity index (χ0v) is 18.4. The first-order chi connectivity index (χ1) is 16.0. The fourth-order valence-corrected chi connectivity index (χ4v) is 4.56. The first kappa shape index (κ1) is 20.4. The summed E-state index contributed by atoms with van der Waals surface area (Å²) in [5.41, 5.74) is 1.76. The summed E-state index contributed by atoms with van der Waals surface area (Å²) in [6.45, 7) is 4.77. The van der Waals surface area contributed by atoms with Gasteiger partial charge in [0.2, 0.25) is 5.95 Å². The van der Waals surface area contributed by atoms with E-state index in [0.29, 0.717) is 66.3 Å². The van der Waals surface area contributed by atoms with Crippen molar-refractivity contribution in [3.63, 3.8) is 0 Å². The summed E-state index contributed by atoms with van der Waals surface area (Å²) in [6, 6.07) is 2.25. The van der Waals surface area contributed by atoms with Gasteiger partial charge in [0.1, 0.15) is 23.7 Å². The Morgan fingerprint density at radius 1 is 1.33 bits per heavy atom. The van der Waals surface area contributed by atoms with Gasteiger partial charge in [-0.05, 0) is 26.2 Å². The first-order valence-electron chi connectivity index (χ1n) is 11.4. The molecule has 33 heavy (non-hydrogen) atoms. The Hall–Kier alpha value is -3.23. The van der Waals surface area contributed by atoms with E-state index in [0.717, 1.165) is 19.4 Å². The SMILES string of the molecule is CC1(Nc2nc(Nc3cnn([C@H]4CCN(C5COC5)C[C@@H]4F)c3)nc3[nH]cc(C#N)c23)CC1. The number of fused-ring (bicyclic) bond motifs is 1. The summed E-state index contributed by atoms with van der Waals surface area (Å²) in [5, 5.41) is 21.2. The largest absolute Gasteiger partial charge is 0.378 e. The molecule has 3 aliphatic rings. The van der Waals surface area contributed by atoms with Crippen LogP contribution in [-0.2, 0) is 4.74 Å². The topological polar surface area (TPSA) is 120 Å². The fourth-order valence-electron chi connectivity index (χ4n) is 4.56. The van der Waals surface area contributed by atoms with Crippen LogP contribution in [0.5, 0.6) is 0 Å². The molecule has 0 unspecified atom stereocenters. The van der Waals surface area contributed by atoms with Crippen LogP contribution < -0.4 is 10.6 Å². The van der Waals surface area contributed by atoms with E-state index in [2.05, 4.69) is 48.6 Å². The van der Waals surface area contributed by atoms with Crippen molar-refractivity contribution >= 4 is 28.5 Å². The van der Waals surface area contributed by atoms with E-state index in [-0.39, 0.29) is 11.6 Å². The zero-order chi connectivity index (χ0) is 22.6. The molecule has 0 bridgehead atoms. The number of rotatable bonds is 6. The summed E-state index contributed by atoms with van der Waals surface area (Å²) in [7, 11) is 0. The molecule has 2 atom stereocenters. The van der Waals surface area contributed by atoms with Crippen molar-refractivity contribution in [1.82, 2.24) is 29.6 Å². The highest BCUT2D eigenvalue weighted by molar-refractivity contribution is 5.94. The Bertz CT molecular complexity index is 1220. The van der Waals surface area contributed by atoms with Crippen LogP contribution in [0.1, 0.15) is 37.8 Å². The highest BCUT2D eigenvalue weighted by Gasteiger charge is 2.38. The molecular formula is C22H26FN9O. The molecule has 172 valence electrons. The Morgan fingerprint density at radius 3 is 2.88 bits per heavy atom. The number of ether oxygens (including phenoxy) is 1. The standard InChI is InChI=1S/C22H26FN9O/c1-22(3-4-22)30-20-18-13(6-24)7-25-19(18)28-21(29-20)27-14-8-26-32(9-14)17-2-5-31(10-16(17)23)15-11-33-12-15/h7-9,15-17H,2-5,10-12H2,1H3,(H3,25,27,28,29,30)/t16-,17-/m0/s1. The molecule has 0 aromatic carbocycles. The number of aromatic amines is 1. The van der Waals surface area contributed by atoms with Crippen molar-refractivity contribution in [1.29, 1.82) is 5.26 Å². The van der Waals surface area contributed by atoms with Crippen molar-refractivity contribution in [2.45, 2.75) is 50.0 Å². The van der Waals surface area contributed by atoms with Gasteiger partial charge in [0.15, 0.2) is 0 Å². The smallest absolute Gasteiger partial charge is 0.231 e. The molecule has 0 spiro atoms. The summed E-state index contributed by atoms with van der Waals surface area (Å²) in [4.78, 5) is 14.4. The van der Waals surface area contributed by atoms with Gasteiger partial charge in [0.05, 0.1) is 48.1 Å². The maximum Gasteiger partial charge on any atom is 0.231 e. The number of hydrogen-bond donors (Lipinski definition) is 3. The number of anilines is 3. The van der Waals surface area contributed by atoms with E-state index in [1.165, 1.54) is 0 Å². The third-order valence-corrected chi connectivity index (χ3v) is 6.95. The summed E-state index contributed by atoms with van der Waals surface area (Å²) in [6.07, 6.45) is 6.93. The molecule has 1 aliphatic carbocycles. The lowest BCUT2D eigenvalue weighted by Crippen LogP contribution is -2.55. The lowest BCUT2D eigenvalue weighted by atomic mass is 10.0. The highest BCUT2D eigenvalue weighted by Crippen LogP contribution is 2.40. The highest BCUT2D eigenvalue weighted by atomic mass is 19.1. The molecule has 2 aliphatic heterocycles. The predicted octanol–water partition coefficient (Wildman–Crippen LogP) is 2.72. The second-order valence-electron chi connectivity index (χ2n) is 9.51. The second-order valence-corrected chi connectivity index (χ2v) is 9.51. The normalized spacial score (nSPS) is 24.9.